The molecule has 102 valence electrons. The van der Waals surface area contributed by atoms with Crippen molar-refractivity contribution in [2.75, 3.05) is 5.32 Å². The molecule has 0 unspecified atom stereocenters. The van der Waals surface area contributed by atoms with Gasteiger partial charge in [-0.25, -0.2) is 4.79 Å². The molecule has 0 aliphatic carbocycles. The highest BCUT2D eigenvalue weighted by Crippen LogP contribution is 2.22. The summed E-state index contributed by atoms with van der Waals surface area (Å²) in [5.74, 6) is -1.63. The number of carboxylic acids is 1. The SMILES string of the molecule is CCCCC(=O)Nc1ccc([N+](=O)[O-])cc1C(=O)O. The van der Waals surface area contributed by atoms with Crippen LogP contribution in [0.4, 0.5) is 11.4 Å². The van der Waals surface area contributed by atoms with Gasteiger partial charge in [0.15, 0.2) is 0 Å². The average molecular weight is 266 g/mol. The fourth-order valence-electron chi connectivity index (χ4n) is 1.48. The molecule has 0 heterocycles. The Labute approximate surface area is 109 Å². The van der Waals surface area contributed by atoms with Crippen LogP contribution in [-0.2, 0) is 4.79 Å². The Kier molecular flexibility index (Phi) is 4.99. The van der Waals surface area contributed by atoms with Crippen LogP contribution in [0.5, 0.6) is 0 Å². The predicted octanol–water partition coefficient (Wildman–Crippen LogP) is 2.42. The number of carboxylic acid groups (broad SMARTS) is 1. The maximum Gasteiger partial charge on any atom is 0.338 e. The number of carbonyl (C=O) groups is 2. The lowest BCUT2D eigenvalue weighted by molar-refractivity contribution is -0.384. The van der Waals surface area contributed by atoms with Crippen molar-refractivity contribution in [1.82, 2.24) is 0 Å². The van der Waals surface area contributed by atoms with Gasteiger partial charge in [0.25, 0.3) is 5.69 Å². The number of amides is 1. The molecule has 0 atom stereocenters. The van der Waals surface area contributed by atoms with Crippen LogP contribution in [-0.4, -0.2) is 21.9 Å². The highest BCUT2D eigenvalue weighted by molar-refractivity contribution is 6.01. The molecular formula is C12H14N2O5. The number of carbonyl (C=O) groups excluding carboxylic acids is 1. The lowest BCUT2D eigenvalue weighted by atomic mass is 10.1. The van der Waals surface area contributed by atoms with Gasteiger partial charge in [0.05, 0.1) is 16.2 Å². The number of nitrogens with one attached hydrogen (secondary N) is 1. The monoisotopic (exact) mass is 266 g/mol. The Morgan fingerprint density at radius 1 is 1.42 bits per heavy atom. The van der Waals surface area contributed by atoms with Crippen LogP contribution in [0, 0.1) is 10.1 Å². The third-order valence-electron chi connectivity index (χ3n) is 2.48. The summed E-state index contributed by atoms with van der Waals surface area (Å²) in [4.78, 5) is 32.4. The van der Waals surface area contributed by atoms with Crippen LogP contribution in [0.2, 0.25) is 0 Å². The zero-order valence-electron chi connectivity index (χ0n) is 10.4. The number of aromatic carboxylic acids is 1. The molecule has 0 spiro atoms. The van der Waals surface area contributed by atoms with Crippen molar-refractivity contribution in [2.24, 2.45) is 0 Å². The molecule has 1 aromatic carbocycles. The Morgan fingerprint density at radius 3 is 2.63 bits per heavy atom. The molecule has 0 radical (unpaired) electrons. The number of hydrogen-bond acceptors (Lipinski definition) is 4. The molecule has 1 aromatic rings. The van der Waals surface area contributed by atoms with Crippen LogP contribution in [0.1, 0.15) is 36.5 Å². The van der Waals surface area contributed by atoms with E-state index in [9.17, 15) is 19.7 Å². The van der Waals surface area contributed by atoms with Gasteiger partial charge >= 0.3 is 5.97 Å². The molecule has 0 fully saturated rings. The molecule has 2 N–H and O–H groups in total. The van der Waals surface area contributed by atoms with E-state index >= 15 is 0 Å². The van der Waals surface area contributed by atoms with E-state index in [1.165, 1.54) is 6.07 Å². The van der Waals surface area contributed by atoms with E-state index in [1.807, 2.05) is 6.92 Å². The standard InChI is InChI=1S/C12H14N2O5/c1-2-3-4-11(15)13-10-6-5-8(14(18)19)7-9(10)12(16)17/h5-7H,2-4H2,1H3,(H,13,15)(H,16,17). The zero-order chi connectivity index (χ0) is 14.4. The first-order valence-corrected chi connectivity index (χ1v) is 5.77. The number of nitro groups is 1. The van der Waals surface area contributed by atoms with E-state index in [1.54, 1.807) is 0 Å². The Morgan fingerprint density at radius 2 is 2.11 bits per heavy atom. The Bertz CT molecular complexity index is 513. The number of anilines is 1. The van der Waals surface area contributed by atoms with E-state index in [4.69, 9.17) is 5.11 Å². The maximum atomic E-state index is 11.5. The quantitative estimate of drug-likeness (QED) is 0.607. The number of rotatable bonds is 6. The summed E-state index contributed by atoms with van der Waals surface area (Å²) in [6.45, 7) is 1.93. The molecular weight excluding hydrogens is 252 g/mol. The van der Waals surface area contributed by atoms with Crippen LogP contribution in [0.15, 0.2) is 18.2 Å². The minimum atomic E-state index is -1.32. The highest BCUT2D eigenvalue weighted by atomic mass is 16.6. The molecule has 0 saturated heterocycles. The summed E-state index contributed by atoms with van der Waals surface area (Å²) in [7, 11) is 0. The minimum absolute atomic E-state index is 0.0687. The number of benzene rings is 1. The number of hydrogen-bond donors (Lipinski definition) is 2. The van der Waals surface area contributed by atoms with Crippen molar-refractivity contribution >= 4 is 23.3 Å². The number of nitro benzene ring substituents is 1. The van der Waals surface area contributed by atoms with Crippen molar-refractivity contribution < 1.29 is 19.6 Å². The van der Waals surface area contributed by atoms with Crippen molar-refractivity contribution in [3.63, 3.8) is 0 Å². The van der Waals surface area contributed by atoms with Gasteiger partial charge in [0.2, 0.25) is 5.91 Å². The summed E-state index contributed by atoms with van der Waals surface area (Å²) in [5.41, 5.74) is -0.554. The fraction of sp³-hybridized carbons (Fsp3) is 0.333. The first-order chi connectivity index (χ1) is 8.95. The molecule has 1 rings (SSSR count). The Hall–Kier alpha value is -2.44. The van der Waals surface area contributed by atoms with Crippen LogP contribution >= 0.6 is 0 Å². The lowest BCUT2D eigenvalue weighted by Crippen LogP contribution is -2.14. The summed E-state index contributed by atoms with van der Waals surface area (Å²) in [5, 5.41) is 22.0. The van der Waals surface area contributed by atoms with E-state index in [0.29, 0.717) is 6.42 Å². The molecule has 0 aromatic heterocycles. The molecule has 0 aliphatic heterocycles. The van der Waals surface area contributed by atoms with Crippen LogP contribution in [0.25, 0.3) is 0 Å². The number of nitrogens with zero attached hydrogens (tertiary/aromatic N) is 1. The maximum absolute atomic E-state index is 11.5. The molecule has 7 heteroatoms. The van der Waals surface area contributed by atoms with E-state index < -0.39 is 10.9 Å². The number of unbranched alkanes of at least 4 members (excludes halogenated alkanes) is 1. The molecule has 0 bridgehead atoms. The smallest absolute Gasteiger partial charge is 0.338 e. The normalized spacial score (nSPS) is 9.95. The fourth-order valence-corrected chi connectivity index (χ4v) is 1.48. The van der Waals surface area contributed by atoms with E-state index in [0.717, 1.165) is 18.6 Å². The van der Waals surface area contributed by atoms with Gasteiger partial charge in [-0.05, 0) is 12.5 Å². The van der Waals surface area contributed by atoms with Crippen LogP contribution < -0.4 is 5.32 Å². The molecule has 7 nitrogen and oxygen atoms in total. The highest BCUT2D eigenvalue weighted by Gasteiger charge is 2.17. The topological polar surface area (TPSA) is 110 Å². The summed E-state index contributed by atoms with van der Waals surface area (Å²) >= 11 is 0. The molecule has 0 saturated carbocycles. The average Bonchev–Trinajstić information content (AvgIpc) is 2.36. The molecule has 19 heavy (non-hydrogen) atoms. The van der Waals surface area contributed by atoms with E-state index in [2.05, 4.69) is 5.32 Å². The summed E-state index contributed by atoms with van der Waals surface area (Å²) in [6.07, 6.45) is 1.83. The second-order valence-corrected chi connectivity index (χ2v) is 3.94. The second kappa shape index (κ2) is 6.48. The van der Waals surface area contributed by atoms with Gasteiger partial charge < -0.3 is 10.4 Å². The third-order valence-corrected chi connectivity index (χ3v) is 2.48. The van der Waals surface area contributed by atoms with E-state index in [-0.39, 0.29) is 29.3 Å². The van der Waals surface area contributed by atoms with Gasteiger partial charge in [-0.2, -0.15) is 0 Å². The third kappa shape index (κ3) is 4.06. The van der Waals surface area contributed by atoms with Crippen molar-refractivity contribution in [1.29, 1.82) is 0 Å². The minimum Gasteiger partial charge on any atom is -0.478 e. The van der Waals surface area contributed by atoms with Gasteiger partial charge in [0.1, 0.15) is 0 Å². The summed E-state index contributed by atoms with van der Waals surface area (Å²) < 4.78 is 0. The first-order valence-electron chi connectivity index (χ1n) is 5.77. The molecule has 1 amide bonds. The predicted molar refractivity (Wildman–Crippen MR) is 68.2 cm³/mol. The van der Waals surface area contributed by atoms with Gasteiger partial charge in [-0.1, -0.05) is 13.3 Å². The van der Waals surface area contributed by atoms with Crippen molar-refractivity contribution in [3.8, 4) is 0 Å². The zero-order valence-corrected chi connectivity index (χ0v) is 10.4. The summed E-state index contributed by atoms with van der Waals surface area (Å²) in [6, 6.07) is 3.31. The number of non-ortho nitro benzene ring substituents is 1. The van der Waals surface area contributed by atoms with Crippen molar-refractivity contribution in [2.45, 2.75) is 26.2 Å². The largest absolute Gasteiger partial charge is 0.478 e. The van der Waals surface area contributed by atoms with Gasteiger partial charge in [-0.3, -0.25) is 14.9 Å². The second-order valence-electron chi connectivity index (χ2n) is 3.94. The lowest BCUT2D eigenvalue weighted by Gasteiger charge is -2.08. The van der Waals surface area contributed by atoms with Crippen molar-refractivity contribution in [3.05, 3.63) is 33.9 Å². The Balaban J connectivity index is 2.97. The molecule has 0 aliphatic rings. The van der Waals surface area contributed by atoms with Crippen LogP contribution in [0.3, 0.4) is 0 Å². The van der Waals surface area contributed by atoms with Gasteiger partial charge in [-0.15, -0.1) is 0 Å². The van der Waals surface area contributed by atoms with Gasteiger partial charge in [0, 0.05) is 18.6 Å². The first kappa shape index (κ1) is 14.6.